The average molecular weight is 252 g/mol. The van der Waals surface area contributed by atoms with Crippen LogP contribution in [0.1, 0.15) is 13.3 Å². The molecule has 0 atom stereocenters. The van der Waals surface area contributed by atoms with Crippen LogP contribution in [0, 0.1) is 0 Å². The number of hydrogen-bond donors (Lipinski definition) is 1. The fourth-order valence-corrected chi connectivity index (χ4v) is 2.46. The highest BCUT2D eigenvalue weighted by molar-refractivity contribution is 7.22. The van der Waals surface area contributed by atoms with Gasteiger partial charge in [-0.15, -0.1) is 0 Å². The maximum atomic E-state index is 5.27. The van der Waals surface area contributed by atoms with Gasteiger partial charge < -0.3 is 14.8 Å². The first-order valence-electron chi connectivity index (χ1n) is 5.55. The maximum absolute atomic E-state index is 5.27. The van der Waals surface area contributed by atoms with Gasteiger partial charge >= 0.3 is 0 Å². The summed E-state index contributed by atoms with van der Waals surface area (Å²) in [5.74, 6) is 1.46. The molecule has 0 unspecified atom stereocenters. The number of methoxy groups -OCH3 is 2. The zero-order chi connectivity index (χ0) is 12.3. The molecule has 0 aliphatic carbocycles. The summed E-state index contributed by atoms with van der Waals surface area (Å²) in [6, 6.07) is 3.87. The lowest BCUT2D eigenvalue weighted by molar-refractivity contribution is 0.356. The molecule has 4 nitrogen and oxygen atoms in total. The molecule has 5 heteroatoms. The van der Waals surface area contributed by atoms with Gasteiger partial charge in [0.05, 0.1) is 24.4 Å². The van der Waals surface area contributed by atoms with Crippen LogP contribution in [0.5, 0.6) is 11.5 Å². The summed E-state index contributed by atoms with van der Waals surface area (Å²) in [5.41, 5.74) is 0.936. The van der Waals surface area contributed by atoms with Gasteiger partial charge in [-0.25, -0.2) is 4.98 Å². The lowest BCUT2D eigenvalue weighted by Crippen LogP contribution is -1.98. The number of aromatic nitrogens is 1. The first kappa shape index (κ1) is 12.0. The van der Waals surface area contributed by atoms with Crippen molar-refractivity contribution in [3.8, 4) is 11.5 Å². The van der Waals surface area contributed by atoms with Crippen LogP contribution in [-0.4, -0.2) is 25.7 Å². The van der Waals surface area contributed by atoms with E-state index in [2.05, 4.69) is 17.2 Å². The molecule has 1 aromatic heterocycles. The fourth-order valence-electron chi connectivity index (χ4n) is 1.56. The van der Waals surface area contributed by atoms with Crippen LogP contribution in [-0.2, 0) is 0 Å². The molecule has 92 valence electrons. The number of hydrogen-bond acceptors (Lipinski definition) is 5. The average Bonchev–Trinajstić information content (AvgIpc) is 2.76. The van der Waals surface area contributed by atoms with Crippen molar-refractivity contribution in [3.05, 3.63) is 12.1 Å². The van der Waals surface area contributed by atoms with Gasteiger partial charge in [0, 0.05) is 18.7 Å². The smallest absolute Gasteiger partial charge is 0.183 e. The molecule has 0 aliphatic rings. The van der Waals surface area contributed by atoms with Gasteiger partial charge in [-0.05, 0) is 6.42 Å². The Balaban J connectivity index is 2.39. The molecular formula is C12H16N2O2S. The third-order valence-corrected chi connectivity index (χ3v) is 3.40. The molecule has 0 bridgehead atoms. The van der Waals surface area contributed by atoms with Crippen LogP contribution < -0.4 is 14.8 Å². The van der Waals surface area contributed by atoms with Crippen molar-refractivity contribution >= 4 is 26.7 Å². The molecule has 0 radical (unpaired) electrons. The molecule has 0 spiro atoms. The minimum absolute atomic E-state index is 0.715. The number of nitrogens with zero attached hydrogens (tertiary/aromatic N) is 1. The van der Waals surface area contributed by atoms with Crippen molar-refractivity contribution in [3.63, 3.8) is 0 Å². The fraction of sp³-hybridized carbons (Fsp3) is 0.417. The highest BCUT2D eigenvalue weighted by Crippen LogP contribution is 2.35. The molecule has 0 amide bonds. The Labute approximate surface area is 105 Å². The van der Waals surface area contributed by atoms with E-state index >= 15 is 0 Å². The zero-order valence-electron chi connectivity index (χ0n) is 10.2. The van der Waals surface area contributed by atoms with E-state index in [4.69, 9.17) is 9.47 Å². The number of fused-ring (bicyclic) bond motifs is 1. The topological polar surface area (TPSA) is 43.4 Å². The summed E-state index contributed by atoms with van der Waals surface area (Å²) >= 11 is 1.63. The van der Waals surface area contributed by atoms with Crippen LogP contribution in [0.25, 0.3) is 10.2 Å². The highest BCUT2D eigenvalue weighted by Gasteiger charge is 2.10. The lowest BCUT2D eigenvalue weighted by atomic mass is 10.3. The number of nitrogens with one attached hydrogen (secondary N) is 1. The molecule has 17 heavy (non-hydrogen) atoms. The summed E-state index contributed by atoms with van der Waals surface area (Å²) in [4.78, 5) is 4.51. The number of thiazole rings is 1. The number of rotatable bonds is 5. The van der Waals surface area contributed by atoms with Crippen molar-refractivity contribution in [1.29, 1.82) is 0 Å². The van der Waals surface area contributed by atoms with Crippen LogP contribution in [0.4, 0.5) is 5.13 Å². The van der Waals surface area contributed by atoms with Gasteiger partial charge in [0.15, 0.2) is 16.6 Å². The van der Waals surface area contributed by atoms with Gasteiger partial charge in [-0.3, -0.25) is 0 Å². The Kier molecular flexibility index (Phi) is 3.68. The van der Waals surface area contributed by atoms with Gasteiger partial charge in [0.1, 0.15) is 0 Å². The minimum Gasteiger partial charge on any atom is -0.493 e. The molecular weight excluding hydrogens is 236 g/mol. The summed E-state index contributed by atoms with van der Waals surface area (Å²) < 4.78 is 11.6. The second-order valence-electron chi connectivity index (χ2n) is 3.62. The van der Waals surface area contributed by atoms with Gasteiger partial charge in [-0.2, -0.15) is 0 Å². The number of benzene rings is 1. The Morgan fingerprint density at radius 1 is 1.24 bits per heavy atom. The van der Waals surface area contributed by atoms with E-state index in [1.54, 1.807) is 25.6 Å². The van der Waals surface area contributed by atoms with E-state index in [-0.39, 0.29) is 0 Å². The summed E-state index contributed by atoms with van der Waals surface area (Å²) in [6.45, 7) is 3.07. The van der Waals surface area contributed by atoms with E-state index in [0.29, 0.717) is 5.75 Å². The van der Waals surface area contributed by atoms with Crippen molar-refractivity contribution in [2.24, 2.45) is 0 Å². The molecule has 0 fully saturated rings. The predicted molar refractivity (Wildman–Crippen MR) is 71.5 cm³/mol. The molecule has 0 saturated heterocycles. The summed E-state index contributed by atoms with van der Waals surface area (Å²) in [7, 11) is 3.27. The van der Waals surface area contributed by atoms with Crippen molar-refractivity contribution in [1.82, 2.24) is 4.98 Å². The molecule has 2 aromatic rings. The van der Waals surface area contributed by atoms with Gasteiger partial charge in [0.2, 0.25) is 0 Å². The molecule has 0 aliphatic heterocycles. The van der Waals surface area contributed by atoms with Crippen molar-refractivity contribution in [2.45, 2.75) is 13.3 Å². The SMILES string of the molecule is CCCNc1nc2cc(OC)c(OC)cc2s1. The molecule has 1 heterocycles. The normalized spacial score (nSPS) is 10.5. The van der Waals surface area contributed by atoms with E-state index in [0.717, 1.165) is 34.1 Å². The van der Waals surface area contributed by atoms with E-state index in [1.165, 1.54) is 0 Å². The minimum atomic E-state index is 0.715. The van der Waals surface area contributed by atoms with Crippen LogP contribution in [0.15, 0.2) is 12.1 Å². The molecule has 2 rings (SSSR count). The zero-order valence-corrected chi connectivity index (χ0v) is 11.1. The predicted octanol–water partition coefficient (Wildman–Crippen LogP) is 3.14. The molecule has 1 N–H and O–H groups in total. The van der Waals surface area contributed by atoms with Gasteiger partial charge in [-0.1, -0.05) is 18.3 Å². The summed E-state index contributed by atoms with van der Waals surface area (Å²) in [5, 5.41) is 4.23. The van der Waals surface area contributed by atoms with E-state index in [9.17, 15) is 0 Å². The lowest BCUT2D eigenvalue weighted by Gasteiger charge is -2.05. The van der Waals surface area contributed by atoms with Gasteiger partial charge in [0.25, 0.3) is 0 Å². The van der Waals surface area contributed by atoms with Crippen LogP contribution >= 0.6 is 11.3 Å². The van der Waals surface area contributed by atoms with E-state index < -0.39 is 0 Å². The third kappa shape index (κ3) is 2.44. The Bertz CT molecular complexity index is 469. The largest absolute Gasteiger partial charge is 0.493 e. The molecule has 0 saturated carbocycles. The van der Waals surface area contributed by atoms with Crippen LogP contribution in [0.3, 0.4) is 0 Å². The maximum Gasteiger partial charge on any atom is 0.183 e. The molecule has 1 aromatic carbocycles. The summed E-state index contributed by atoms with van der Waals surface area (Å²) in [6.07, 6.45) is 1.09. The Hall–Kier alpha value is -1.49. The monoisotopic (exact) mass is 252 g/mol. The second kappa shape index (κ2) is 5.23. The van der Waals surface area contributed by atoms with Crippen molar-refractivity contribution in [2.75, 3.05) is 26.1 Å². The second-order valence-corrected chi connectivity index (χ2v) is 4.65. The first-order chi connectivity index (χ1) is 8.28. The quantitative estimate of drug-likeness (QED) is 0.887. The number of ether oxygens (including phenoxy) is 2. The van der Waals surface area contributed by atoms with E-state index in [1.807, 2.05) is 12.1 Å². The Morgan fingerprint density at radius 2 is 1.94 bits per heavy atom. The standard InChI is InChI=1S/C12H16N2O2S/c1-4-5-13-12-14-8-6-9(15-2)10(16-3)7-11(8)17-12/h6-7H,4-5H2,1-3H3,(H,13,14). The van der Waals surface area contributed by atoms with Crippen LogP contribution in [0.2, 0.25) is 0 Å². The highest BCUT2D eigenvalue weighted by atomic mass is 32.1. The number of anilines is 1. The third-order valence-electron chi connectivity index (χ3n) is 2.42. The van der Waals surface area contributed by atoms with Crippen molar-refractivity contribution < 1.29 is 9.47 Å². The first-order valence-corrected chi connectivity index (χ1v) is 6.36. The Morgan fingerprint density at radius 3 is 2.59 bits per heavy atom.